The average Bonchev–Trinajstić information content (AvgIpc) is 2.01. The quantitative estimate of drug-likeness (QED) is 0.623. The van der Waals surface area contributed by atoms with Crippen molar-refractivity contribution in [3.63, 3.8) is 0 Å². The van der Waals surface area contributed by atoms with Crippen LogP contribution in [0.15, 0.2) is 21.8 Å². The highest BCUT2D eigenvalue weighted by Crippen LogP contribution is 2.27. The number of halogens is 4. The molecule has 0 fully saturated rings. The Morgan fingerprint density at radius 1 is 1.43 bits per heavy atom. The largest absolute Gasteiger partial charge is 0.278 e. The minimum atomic E-state index is -3.98. The van der Waals surface area contributed by atoms with E-state index in [4.69, 9.17) is 10.7 Å². The molecule has 0 radical (unpaired) electrons. The Bertz CT molecular complexity index is 451. The third kappa shape index (κ3) is 2.61. The summed E-state index contributed by atoms with van der Waals surface area (Å²) in [5.74, 6) is 0. The number of rotatable bonds is 2. The lowest BCUT2D eigenvalue weighted by molar-refractivity contribution is 0.150. The predicted molar refractivity (Wildman–Crippen MR) is 49.9 cm³/mol. The van der Waals surface area contributed by atoms with Gasteiger partial charge in [-0.05, 0) is 28.1 Å². The van der Waals surface area contributed by atoms with Crippen LogP contribution in [-0.4, -0.2) is 13.4 Å². The molecule has 78 valence electrons. The lowest BCUT2D eigenvalue weighted by Crippen LogP contribution is -1.98. The van der Waals surface area contributed by atoms with Gasteiger partial charge in [-0.1, -0.05) is 0 Å². The zero-order chi connectivity index (χ0) is 10.9. The normalized spacial score (nSPS) is 12.1. The Kier molecular flexibility index (Phi) is 3.44. The molecule has 0 saturated carbocycles. The molecular formula is C6H3BrClF2NO2S. The Morgan fingerprint density at radius 3 is 2.36 bits per heavy atom. The second kappa shape index (κ2) is 4.08. The SMILES string of the molecule is O=S(=O)(Cl)c1ccc(C(F)F)c(Br)n1. The van der Waals surface area contributed by atoms with Gasteiger partial charge >= 0.3 is 0 Å². The second-order valence-corrected chi connectivity index (χ2v) is 5.53. The summed E-state index contributed by atoms with van der Waals surface area (Å²) in [5.41, 5.74) is -0.380. The summed E-state index contributed by atoms with van der Waals surface area (Å²) in [4.78, 5) is 3.38. The van der Waals surface area contributed by atoms with Crippen molar-refractivity contribution in [3.8, 4) is 0 Å². The minimum Gasteiger partial charge on any atom is -0.227 e. The molecule has 0 N–H and O–H groups in total. The van der Waals surface area contributed by atoms with Gasteiger partial charge in [0.05, 0.1) is 5.56 Å². The van der Waals surface area contributed by atoms with Crippen LogP contribution in [0.4, 0.5) is 8.78 Å². The van der Waals surface area contributed by atoms with E-state index < -0.39 is 20.5 Å². The van der Waals surface area contributed by atoms with Gasteiger partial charge in [-0.25, -0.2) is 22.2 Å². The first-order valence-corrected chi connectivity index (χ1v) is 6.32. The molecule has 0 saturated heterocycles. The van der Waals surface area contributed by atoms with Crippen molar-refractivity contribution in [2.45, 2.75) is 11.5 Å². The van der Waals surface area contributed by atoms with Crippen molar-refractivity contribution < 1.29 is 17.2 Å². The van der Waals surface area contributed by atoms with E-state index in [2.05, 4.69) is 20.9 Å². The van der Waals surface area contributed by atoms with Crippen molar-refractivity contribution in [1.29, 1.82) is 0 Å². The van der Waals surface area contributed by atoms with Gasteiger partial charge in [0.1, 0.15) is 4.60 Å². The third-order valence-electron chi connectivity index (χ3n) is 1.34. The van der Waals surface area contributed by atoms with E-state index in [1.54, 1.807) is 0 Å². The molecule has 0 atom stereocenters. The van der Waals surface area contributed by atoms with Crippen LogP contribution in [-0.2, 0) is 9.05 Å². The average molecular weight is 307 g/mol. The predicted octanol–water partition coefficient (Wildman–Crippen LogP) is 2.71. The molecule has 3 nitrogen and oxygen atoms in total. The number of aromatic nitrogens is 1. The molecular weight excluding hydrogens is 303 g/mol. The van der Waals surface area contributed by atoms with Crippen LogP contribution in [0, 0.1) is 0 Å². The third-order valence-corrected chi connectivity index (χ3v) is 3.17. The van der Waals surface area contributed by atoms with E-state index in [-0.39, 0.29) is 10.2 Å². The standard InChI is InChI=1S/C6H3BrClF2NO2S/c7-5-3(6(9)10)1-2-4(11-5)14(8,12)13/h1-2,6H. The molecule has 1 aromatic rings. The fourth-order valence-electron chi connectivity index (χ4n) is 0.727. The maximum absolute atomic E-state index is 12.2. The zero-order valence-corrected chi connectivity index (χ0v) is 9.57. The van der Waals surface area contributed by atoms with Gasteiger partial charge < -0.3 is 0 Å². The second-order valence-electron chi connectivity index (χ2n) is 2.27. The Labute approximate surface area is 91.6 Å². The summed E-state index contributed by atoms with van der Waals surface area (Å²) in [7, 11) is 0.982. The summed E-state index contributed by atoms with van der Waals surface area (Å²) >= 11 is 2.73. The smallest absolute Gasteiger partial charge is 0.227 e. The van der Waals surface area contributed by atoms with Crippen molar-refractivity contribution in [1.82, 2.24) is 4.98 Å². The van der Waals surface area contributed by atoms with E-state index >= 15 is 0 Å². The monoisotopic (exact) mass is 305 g/mol. The van der Waals surface area contributed by atoms with Crippen molar-refractivity contribution in [2.24, 2.45) is 0 Å². The summed E-state index contributed by atoms with van der Waals surface area (Å²) in [6.45, 7) is 0. The number of pyridine rings is 1. The van der Waals surface area contributed by atoms with Crippen LogP contribution in [0.25, 0.3) is 0 Å². The highest BCUT2D eigenvalue weighted by Gasteiger charge is 2.17. The van der Waals surface area contributed by atoms with E-state index in [9.17, 15) is 17.2 Å². The number of alkyl halides is 2. The van der Waals surface area contributed by atoms with Gasteiger partial charge in [-0.3, -0.25) is 0 Å². The first-order chi connectivity index (χ1) is 6.32. The molecule has 0 amide bonds. The van der Waals surface area contributed by atoms with E-state index in [1.807, 2.05) is 0 Å². The number of nitrogens with zero attached hydrogens (tertiary/aromatic N) is 1. The molecule has 0 aromatic carbocycles. The molecule has 1 rings (SSSR count). The van der Waals surface area contributed by atoms with Gasteiger partial charge in [0.25, 0.3) is 15.5 Å². The highest BCUT2D eigenvalue weighted by atomic mass is 79.9. The van der Waals surface area contributed by atoms with E-state index in [0.717, 1.165) is 12.1 Å². The molecule has 0 unspecified atom stereocenters. The molecule has 0 aliphatic rings. The van der Waals surface area contributed by atoms with Gasteiger partial charge in [-0.15, -0.1) is 0 Å². The van der Waals surface area contributed by atoms with E-state index in [1.165, 1.54) is 0 Å². The van der Waals surface area contributed by atoms with Crippen LogP contribution < -0.4 is 0 Å². The molecule has 0 bridgehead atoms. The van der Waals surface area contributed by atoms with Gasteiger partial charge in [0.15, 0.2) is 5.03 Å². The zero-order valence-electron chi connectivity index (χ0n) is 6.42. The number of hydrogen-bond acceptors (Lipinski definition) is 3. The van der Waals surface area contributed by atoms with Crippen molar-refractivity contribution >= 4 is 35.7 Å². The molecule has 1 heterocycles. The molecule has 0 aliphatic heterocycles. The Morgan fingerprint density at radius 2 is 2.00 bits per heavy atom. The van der Waals surface area contributed by atoms with Crippen LogP contribution in [0.3, 0.4) is 0 Å². The Balaban J connectivity index is 3.27. The van der Waals surface area contributed by atoms with Crippen molar-refractivity contribution in [3.05, 3.63) is 22.3 Å². The Hall–Kier alpha value is -0.270. The van der Waals surface area contributed by atoms with Gasteiger partial charge in [-0.2, -0.15) is 0 Å². The molecule has 0 spiro atoms. The van der Waals surface area contributed by atoms with E-state index in [0.29, 0.717) is 0 Å². The number of hydrogen-bond donors (Lipinski definition) is 0. The molecule has 14 heavy (non-hydrogen) atoms. The minimum absolute atomic E-state index is 0.228. The highest BCUT2D eigenvalue weighted by molar-refractivity contribution is 9.10. The molecule has 8 heteroatoms. The molecule has 1 aromatic heterocycles. The summed E-state index contributed by atoms with van der Waals surface area (Å²) in [5, 5.41) is -0.463. The molecule has 0 aliphatic carbocycles. The summed E-state index contributed by atoms with van der Waals surface area (Å²) in [6, 6.07) is 1.88. The van der Waals surface area contributed by atoms with Crippen molar-refractivity contribution in [2.75, 3.05) is 0 Å². The lowest BCUT2D eigenvalue weighted by atomic mass is 10.3. The summed E-state index contributed by atoms with van der Waals surface area (Å²) < 4.78 is 45.7. The van der Waals surface area contributed by atoms with Gasteiger partial charge in [0, 0.05) is 10.7 Å². The van der Waals surface area contributed by atoms with Crippen LogP contribution in [0.2, 0.25) is 0 Å². The first-order valence-electron chi connectivity index (χ1n) is 3.21. The summed E-state index contributed by atoms with van der Waals surface area (Å²) in [6.07, 6.45) is -2.72. The fraction of sp³-hybridized carbons (Fsp3) is 0.167. The van der Waals surface area contributed by atoms with Gasteiger partial charge in [0.2, 0.25) is 0 Å². The fourth-order valence-corrected chi connectivity index (χ4v) is 2.03. The first kappa shape index (κ1) is 11.8. The van der Waals surface area contributed by atoms with Crippen LogP contribution in [0.5, 0.6) is 0 Å². The maximum Gasteiger partial charge on any atom is 0.278 e. The maximum atomic E-state index is 12.2. The lowest BCUT2D eigenvalue weighted by Gasteiger charge is -2.02. The van der Waals surface area contributed by atoms with Crippen LogP contribution >= 0.6 is 26.6 Å². The van der Waals surface area contributed by atoms with Crippen LogP contribution in [0.1, 0.15) is 12.0 Å². The topological polar surface area (TPSA) is 47.0 Å².